The van der Waals surface area contributed by atoms with Crippen LogP contribution in [0, 0.1) is 19.8 Å². The fraction of sp³-hybridized carbons (Fsp3) is 0.409. The third kappa shape index (κ3) is 4.66. The standard InChI is InChI=1S/C22H24N2O6S/c1-11-13(3)31-21(24-20(26)14-4-5-14)18(11)22(27)30-12(2)19(25)23-15-6-7-16-17(10-15)29-9-8-28-16/h6-7,10,12,14H,4-5,8-9H2,1-3H3,(H,23,25)(H,24,26). The number of hydrogen-bond donors (Lipinski definition) is 2. The highest BCUT2D eigenvalue weighted by molar-refractivity contribution is 7.16. The number of thiophene rings is 1. The number of amides is 2. The quantitative estimate of drug-likeness (QED) is 0.659. The molecule has 2 aliphatic rings. The molecule has 9 heteroatoms. The van der Waals surface area contributed by atoms with E-state index in [1.165, 1.54) is 18.3 Å². The molecule has 1 aromatic heterocycles. The lowest BCUT2D eigenvalue weighted by Gasteiger charge is -2.19. The van der Waals surface area contributed by atoms with Crippen LogP contribution in [-0.2, 0) is 14.3 Å². The average molecular weight is 445 g/mol. The molecule has 1 saturated carbocycles. The second-order valence-electron chi connectivity index (χ2n) is 7.65. The SMILES string of the molecule is Cc1sc(NC(=O)C2CC2)c(C(=O)OC(C)C(=O)Nc2ccc3c(c2)OCCO3)c1C. The third-order valence-corrected chi connectivity index (χ3v) is 6.36. The molecule has 2 aromatic rings. The number of fused-ring (bicyclic) bond motifs is 1. The molecule has 1 aliphatic heterocycles. The van der Waals surface area contributed by atoms with Crippen LogP contribution < -0.4 is 20.1 Å². The van der Waals surface area contributed by atoms with Crippen LogP contribution in [0.2, 0.25) is 0 Å². The summed E-state index contributed by atoms with van der Waals surface area (Å²) in [4.78, 5) is 38.5. The molecule has 2 N–H and O–H groups in total. The van der Waals surface area contributed by atoms with Gasteiger partial charge in [0.2, 0.25) is 5.91 Å². The summed E-state index contributed by atoms with van der Waals surface area (Å²) in [6.45, 7) is 6.10. The fourth-order valence-electron chi connectivity index (χ4n) is 3.16. The van der Waals surface area contributed by atoms with Gasteiger partial charge in [-0.25, -0.2) is 4.79 Å². The molecular weight excluding hydrogens is 420 g/mol. The number of esters is 1. The Labute approximate surface area is 183 Å². The van der Waals surface area contributed by atoms with Crippen LogP contribution in [0.1, 0.15) is 40.6 Å². The first-order valence-corrected chi connectivity index (χ1v) is 11.0. The molecule has 1 fully saturated rings. The molecule has 4 rings (SSSR count). The van der Waals surface area contributed by atoms with E-state index in [1.54, 1.807) is 25.1 Å². The van der Waals surface area contributed by atoms with Crippen molar-refractivity contribution in [2.75, 3.05) is 23.8 Å². The molecule has 1 atom stereocenters. The number of nitrogens with one attached hydrogen (secondary N) is 2. The molecule has 0 bridgehead atoms. The minimum absolute atomic E-state index is 0.0160. The van der Waals surface area contributed by atoms with Gasteiger partial charge in [0.05, 0.1) is 5.56 Å². The zero-order valence-corrected chi connectivity index (χ0v) is 18.4. The normalized spacial score (nSPS) is 15.7. The van der Waals surface area contributed by atoms with E-state index in [1.807, 2.05) is 6.92 Å². The molecular formula is C22H24N2O6S. The maximum absolute atomic E-state index is 12.8. The van der Waals surface area contributed by atoms with Gasteiger partial charge in [-0.1, -0.05) is 0 Å². The van der Waals surface area contributed by atoms with Gasteiger partial charge in [-0.3, -0.25) is 9.59 Å². The zero-order chi connectivity index (χ0) is 22.1. The van der Waals surface area contributed by atoms with Crippen molar-refractivity contribution in [3.63, 3.8) is 0 Å². The van der Waals surface area contributed by atoms with E-state index in [2.05, 4.69) is 10.6 Å². The lowest BCUT2D eigenvalue weighted by atomic mass is 10.1. The van der Waals surface area contributed by atoms with E-state index in [0.717, 1.165) is 23.3 Å². The summed E-state index contributed by atoms with van der Waals surface area (Å²) in [6, 6.07) is 5.07. The van der Waals surface area contributed by atoms with Crippen molar-refractivity contribution in [2.45, 2.75) is 39.7 Å². The summed E-state index contributed by atoms with van der Waals surface area (Å²) in [6.07, 6.45) is 0.699. The average Bonchev–Trinajstić information content (AvgIpc) is 3.55. The highest BCUT2D eigenvalue weighted by Crippen LogP contribution is 2.36. The Morgan fingerprint density at radius 2 is 1.81 bits per heavy atom. The maximum Gasteiger partial charge on any atom is 0.342 e. The molecule has 2 heterocycles. The van der Waals surface area contributed by atoms with Crippen molar-refractivity contribution in [3.8, 4) is 11.5 Å². The van der Waals surface area contributed by atoms with Crippen molar-refractivity contribution in [2.24, 2.45) is 5.92 Å². The number of carbonyl (C=O) groups excluding carboxylic acids is 3. The second kappa shape index (κ2) is 8.58. The van der Waals surface area contributed by atoms with Crippen molar-refractivity contribution < 1.29 is 28.6 Å². The van der Waals surface area contributed by atoms with Crippen LogP contribution in [-0.4, -0.2) is 37.1 Å². The number of anilines is 2. The van der Waals surface area contributed by atoms with Crippen LogP contribution in [0.5, 0.6) is 11.5 Å². The topological polar surface area (TPSA) is 103 Å². The first-order valence-electron chi connectivity index (χ1n) is 10.2. The van der Waals surface area contributed by atoms with Gasteiger partial charge in [0.1, 0.15) is 18.2 Å². The van der Waals surface area contributed by atoms with E-state index in [0.29, 0.717) is 41.0 Å². The molecule has 31 heavy (non-hydrogen) atoms. The zero-order valence-electron chi connectivity index (χ0n) is 17.6. The Kier molecular flexibility index (Phi) is 5.86. The Morgan fingerprint density at radius 3 is 2.52 bits per heavy atom. The van der Waals surface area contributed by atoms with E-state index >= 15 is 0 Å². The monoisotopic (exact) mass is 444 g/mol. The van der Waals surface area contributed by atoms with Gasteiger partial charge in [-0.15, -0.1) is 11.3 Å². The van der Waals surface area contributed by atoms with Gasteiger partial charge in [0.25, 0.3) is 5.91 Å². The van der Waals surface area contributed by atoms with Gasteiger partial charge in [0.15, 0.2) is 17.6 Å². The molecule has 164 valence electrons. The fourth-order valence-corrected chi connectivity index (χ4v) is 4.21. The van der Waals surface area contributed by atoms with Crippen molar-refractivity contribution in [1.82, 2.24) is 0 Å². The van der Waals surface area contributed by atoms with Gasteiger partial charge in [-0.2, -0.15) is 0 Å². The molecule has 1 aromatic carbocycles. The van der Waals surface area contributed by atoms with Crippen LogP contribution in [0.15, 0.2) is 18.2 Å². The minimum atomic E-state index is -1.03. The molecule has 0 spiro atoms. The number of aryl methyl sites for hydroxylation is 1. The molecule has 8 nitrogen and oxygen atoms in total. The van der Waals surface area contributed by atoms with E-state index in [4.69, 9.17) is 14.2 Å². The van der Waals surface area contributed by atoms with Crippen LogP contribution in [0.25, 0.3) is 0 Å². The number of rotatable bonds is 6. The van der Waals surface area contributed by atoms with Crippen LogP contribution in [0.4, 0.5) is 10.7 Å². The largest absolute Gasteiger partial charge is 0.486 e. The summed E-state index contributed by atoms with van der Waals surface area (Å²) < 4.78 is 16.4. The van der Waals surface area contributed by atoms with Crippen molar-refractivity contribution in [3.05, 3.63) is 34.2 Å². The summed E-state index contributed by atoms with van der Waals surface area (Å²) in [7, 11) is 0. The number of benzene rings is 1. The first-order chi connectivity index (χ1) is 14.8. The van der Waals surface area contributed by atoms with E-state index in [-0.39, 0.29) is 11.8 Å². The van der Waals surface area contributed by atoms with E-state index < -0.39 is 18.0 Å². The Morgan fingerprint density at radius 1 is 1.10 bits per heavy atom. The smallest absolute Gasteiger partial charge is 0.342 e. The summed E-state index contributed by atoms with van der Waals surface area (Å²) >= 11 is 1.33. The first kappa shape index (κ1) is 21.2. The minimum Gasteiger partial charge on any atom is -0.486 e. The van der Waals surface area contributed by atoms with Gasteiger partial charge in [0, 0.05) is 22.5 Å². The van der Waals surface area contributed by atoms with E-state index in [9.17, 15) is 14.4 Å². The Bertz CT molecular complexity index is 1040. The van der Waals surface area contributed by atoms with Gasteiger partial charge in [-0.05, 0) is 51.3 Å². The summed E-state index contributed by atoms with van der Waals surface area (Å²) in [5.41, 5.74) is 1.55. The molecule has 2 amide bonds. The van der Waals surface area contributed by atoms with Crippen molar-refractivity contribution >= 4 is 39.8 Å². The third-order valence-electron chi connectivity index (χ3n) is 5.24. The molecule has 0 radical (unpaired) electrons. The second-order valence-corrected chi connectivity index (χ2v) is 8.87. The van der Waals surface area contributed by atoms with Gasteiger partial charge < -0.3 is 24.8 Å². The predicted molar refractivity (Wildman–Crippen MR) is 116 cm³/mol. The van der Waals surface area contributed by atoms with Crippen LogP contribution in [0.3, 0.4) is 0 Å². The number of hydrogen-bond acceptors (Lipinski definition) is 7. The Hall–Kier alpha value is -3.07. The summed E-state index contributed by atoms with van der Waals surface area (Å²) in [5.74, 6) is -0.0140. The Balaban J connectivity index is 1.42. The lowest BCUT2D eigenvalue weighted by Crippen LogP contribution is -2.30. The van der Waals surface area contributed by atoms with Gasteiger partial charge >= 0.3 is 5.97 Å². The summed E-state index contributed by atoms with van der Waals surface area (Å²) in [5, 5.41) is 6.03. The van der Waals surface area contributed by atoms with Crippen molar-refractivity contribution in [1.29, 1.82) is 0 Å². The highest BCUT2D eigenvalue weighted by Gasteiger charge is 2.32. The molecule has 0 saturated heterocycles. The maximum atomic E-state index is 12.8. The predicted octanol–water partition coefficient (Wildman–Crippen LogP) is 3.67. The molecule has 1 aliphatic carbocycles. The van der Waals surface area contributed by atoms with Crippen LogP contribution >= 0.6 is 11.3 Å². The number of ether oxygens (including phenoxy) is 3. The lowest BCUT2D eigenvalue weighted by molar-refractivity contribution is -0.123. The molecule has 1 unspecified atom stereocenters. The highest BCUT2D eigenvalue weighted by atomic mass is 32.1. The number of carbonyl (C=O) groups is 3.